The van der Waals surface area contributed by atoms with Crippen molar-refractivity contribution in [1.29, 1.82) is 0 Å². The van der Waals surface area contributed by atoms with Crippen LogP contribution in [0.5, 0.6) is 5.75 Å². The van der Waals surface area contributed by atoms with Gasteiger partial charge < -0.3 is 15.4 Å². The van der Waals surface area contributed by atoms with Crippen molar-refractivity contribution < 1.29 is 18.7 Å². The second-order valence-electron chi connectivity index (χ2n) is 4.90. The Morgan fingerprint density at radius 2 is 1.91 bits per heavy atom. The molecular weight excluding hydrogens is 299 g/mol. The Hall–Kier alpha value is -2.89. The van der Waals surface area contributed by atoms with Crippen molar-refractivity contribution in [3.8, 4) is 5.75 Å². The van der Waals surface area contributed by atoms with Crippen molar-refractivity contribution in [2.24, 2.45) is 0 Å². The van der Waals surface area contributed by atoms with Crippen LogP contribution >= 0.6 is 0 Å². The van der Waals surface area contributed by atoms with Crippen LogP contribution in [0.3, 0.4) is 0 Å². The molecule has 0 radical (unpaired) electrons. The molecule has 2 aromatic rings. The van der Waals surface area contributed by atoms with Crippen LogP contribution < -0.4 is 15.4 Å². The Balaban J connectivity index is 1.93. The maximum atomic E-state index is 13.4. The van der Waals surface area contributed by atoms with E-state index >= 15 is 0 Å². The van der Waals surface area contributed by atoms with Crippen LogP contribution in [0, 0.1) is 12.7 Å². The van der Waals surface area contributed by atoms with E-state index in [4.69, 9.17) is 4.74 Å². The number of nitrogens with one attached hydrogen (secondary N) is 2. The molecule has 0 saturated carbocycles. The second kappa shape index (κ2) is 7.40. The van der Waals surface area contributed by atoms with E-state index in [0.717, 1.165) is 0 Å². The summed E-state index contributed by atoms with van der Waals surface area (Å²) >= 11 is 0. The summed E-state index contributed by atoms with van der Waals surface area (Å²) in [6, 6.07) is 11.1. The lowest BCUT2D eigenvalue weighted by Crippen LogP contribution is -2.33. The van der Waals surface area contributed by atoms with E-state index < -0.39 is 17.6 Å². The lowest BCUT2D eigenvalue weighted by atomic mass is 10.2. The third-order valence-corrected chi connectivity index (χ3v) is 3.22. The molecule has 0 heterocycles. The van der Waals surface area contributed by atoms with Crippen LogP contribution in [0.25, 0.3) is 0 Å². The van der Waals surface area contributed by atoms with Gasteiger partial charge in [-0.05, 0) is 36.8 Å². The molecule has 0 aliphatic heterocycles. The van der Waals surface area contributed by atoms with Gasteiger partial charge in [-0.25, -0.2) is 4.39 Å². The Kier molecular flexibility index (Phi) is 5.30. The first-order valence-corrected chi connectivity index (χ1v) is 6.98. The number of benzene rings is 2. The molecule has 0 aromatic heterocycles. The van der Waals surface area contributed by atoms with E-state index in [0.29, 0.717) is 22.6 Å². The first-order valence-electron chi connectivity index (χ1n) is 6.98. The van der Waals surface area contributed by atoms with Gasteiger partial charge in [0.15, 0.2) is 0 Å². The van der Waals surface area contributed by atoms with E-state index in [1.54, 1.807) is 43.3 Å². The van der Waals surface area contributed by atoms with Crippen molar-refractivity contribution in [2.75, 3.05) is 19.0 Å². The van der Waals surface area contributed by atoms with Gasteiger partial charge in [-0.3, -0.25) is 9.59 Å². The topological polar surface area (TPSA) is 67.4 Å². The molecule has 5 nitrogen and oxygen atoms in total. The number of hydrogen-bond acceptors (Lipinski definition) is 3. The van der Waals surface area contributed by atoms with Gasteiger partial charge in [-0.2, -0.15) is 0 Å². The standard InChI is InChI=1S/C17H17FN2O3/c1-11-7-8-12(9-14(11)18)20-16(21)10-19-17(22)13-5-3-4-6-15(13)23-2/h3-9H,10H2,1-2H3,(H,19,22)(H,20,21). The highest BCUT2D eigenvalue weighted by molar-refractivity contribution is 6.00. The van der Waals surface area contributed by atoms with Crippen molar-refractivity contribution in [2.45, 2.75) is 6.92 Å². The van der Waals surface area contributed by atoms with Gasteiger partial charge in [0, 0.05) is 5.69 Å². The number of carbonyl (C=O) groups is 2. The number of hydrogen-bond donors (Lipinski definition) is 2. The Labute approximate surface area is 133 Å². The zero-order valence-corrected chi connectivity index (χ0v) is 12.9. The highest BCUT2D eigenvalue weighted by atomic mass is 19.1. The summed E-state index contributed by atoms with van der Waals surface area (Å²) in [6.45, 7) is 1.40. The molecule has 0 aliphatic rings. The number of para-hydroxylation sites is 1. The molecule has 23 heavy (non-hydrogen) atoms. The zero-order valence-electron chi connectivity index (χ0n) is 12.9. The Bertz CT molecular complexity index is 732. The second-order valence-corrected chi connectivity index (χ2v) is 4.90. The number of ether oxygens (including phenoxy) is 1. The summed E-state index contributed by atoms with van der Waals surface area (Å²) in [5.41, 5.74) is 1.17. The average molecular weight is 316 g/mol. The minimum Gasteiger partial charge on any atom is -0.496 e. The minimum atomic E-state index is -0.448. The third kappa shape index (κ3) is 4.29. The average Bonchev–Trinajstić information content (AvgIpc) is 2.56. The van der Waals surface area contributed by atoms with E-state index in [-0.39, 0.29) is 6.54 Å². The number of methoxy groups -OCH3 is 1. The summed E-state index contributed by atoms with van der Waals surface area (Å²) < 4.78 is 18.5. The molecule has 6 heteroatoms. The van der Waals surface area contributed by atoms with E-state index in [1.165, 1.54) is 13.2 Å². The minimum absolute atomic E-state index is 0.230. The summed E-state index contributed by atoms with van der Waals surface area (Å²) in [5.74, 6) is -0.851. The Morgan fingerprint density at radius 3 is 2.61 bits per heavy atom. The molecule has 0 unspecified atom stereocenters. The van der Waals surface area contributed by atoms with Crippen molar-refractivity contribution in [3.05, 3.63) is 59.4 Å². The number of aryl methyl sites for hydroxylation is 1. The van der Waals surface area contributed by atoms with E-state index in [9.17, 15) is 14.0 Å². The normalized spacial score (nSPS) is 10.0. The molecule has 0 atom stereocenters. The predicted octanol–water partition coefficient (Wildman–Crippen LogP) is 2.51. The lowest BCUT2D eigenvalue weighted by molar-refractivity contribution is -0.115. The fraction of sp³-hybridized carbons (Fsp3) is 0.176. The lowest BCUT2D eigenvalue weighted by Gasteiger charge is -2.10. The molecule has 2 rings (SSSR count). The summed E-state index contributed by atoms with van der Waals surface area (Å²) in [4.78, 5) is 23.9. The predicted molar refractivity (Wildman–Crippen MR) is 85.1 cm³/mol. The van der Waals surface area contributed by atoms with Gasteiger partial charge in [0.1, 0.15) is 11.6 Å². The molecule has 2 amide bonds. The van der Waals surface area contributed by atoms with Crippen molar-refractivity contribution in [1.82, 2.24) is 5.32 Å². The number of anilines is 1. The molecule has 0 spiro atoms. The fourth-order valence-electron chi connectivity index (χ4n) is 1.96. The molecule has 2 aromatic carbocycles. The van der Waals surface area contributed by atoms with Gasteiger partial charge in [0.05, 0.1) is 19.2 Å². The van der Waals surface area contributed by atoms with Crippen LogP contribution in [0.1, 0.15) is 15.9 Å². The number of halogens is 1. The number of carbonyl (C=O) groups excluding carboxylic acids is 2. The van der Waals surface area contributed by atoms with Crippen molar-refractivity contribution >= 4 is 17.5 Å². The van der Waals surface area contributed by atoms with Crippen LogP contribution in [-0.4, -0.2) is 25.5 Å². The molecule has 2 N–H and O–H groups in total. The molecule has 0 saturated heterocycles. The number of rotatable bonds is 5. The summed E-state index contributed by atoms with van der Waals surface area (Å²) in [6.07, 6.45) is 0. The van der Waals surface area contributed by atoms with E-state index in [2.05, 4.69) is 10.6 Å². The highest BCUT2D eigenvalue weighted by Gasteiger charge is 2.12. The van der Waals surface area contributed by atoms with Crippen LogP contribution in [-0.2, 0) is 4.79 Å². The van der Waals surface area contributed by atoms with Gasteiger partial charge in [0.25, 0.3) is 5.91 Å². The van der Waals surface area contributed by atoms with Gasteiger partial charge in [0.2, 0.25) is 5.91 Å². The molecule has 120 valence electrons. The highest BCUT2D eigenvalue weighted by Crippen LogP contribution is 2.17. The third-order valence-electron chi connectivity index (χ3n) is 3.22. The molecule has 0 aliphatic carbocycles. The quantitative estimate of drug-likeness (QED) is 0.890. The van der Waals surface area contributed by atoms with Gasteiger partial charge in [-0.15, -0.1) is 0 Å². The van der Waals surface area contributed by atoms with E-state index in [1.807, 2.05) is 0 Å². The Morgan fingerprint density at radius 1 is 1.17 bits per heavy atom. The number of amides is 2. The maximum Gasteiger partial charge on any atom is 0.255 e. The first-order chi connectivity index (χ1) is 11.0. The van der Waals surface area contributed by atoms with Crippen LogP contribution in [0.15, 0.2) is 42.5 Å². The SMILES string of the molecule is COc1ccccc1C(=O)NCC(=O)Nc1ccc(C)c(F)c1. The summed E-state index contributed by atoms with van der Waals surface area (Å²) in [7, 11) is 1.46. The smallest absolute Gasteiger partial charge is 0.255 e. The largest absolute Gasteiger partial charge is 0.496 e. The zero-order chi connectivity index (χ0) is 16.8. The monoisotopic (exact) mass is 316 g/mol. The first kappa shape index (κ1) is 16.5. The van der Waals surface area contributed by atoms with Gasteiger partial charge >= 0.3 is 0 Å². The fourth-order valence-corrected chi connectivity index (χ4v) is 1.96. The summed E-state index contributed by atoms with van der Waals surface area (Å²) in [5, 5.41) is 5.02. The van der Waals surface area contributed by atoms with Crippen LogP contribution in [0.2, 0.25) is 0 Å². The molecule has 0 fully saturated rings. The van der Waals surface area contributed by atoms with Crippen molar-refractivity contribution in [3.63, 3.8) is 0 Å². The van der Waals surface area contributed by atoms with Gasteiger partial charge in [-0.1, -0.05) is 18.2 Å². The van der Waals surface area contributed by atoms with Crippen LogP contribution in [0.4, 0.5) is 10.1 Å². The molecule has 0 bridgehead atoms. The molecular formula is C17H17FN2O3. The maximum absolute atomic E-state index is 13.4.